The van der Waals surface area contributed by atoms with E-state index in [0.717, 1.165) is 71.6 Å². The Morgan fingerprint density at radius 1 is 0.488 bits per heavy atom. The van der Waals surface area contributed by atoms with Gasteiger partial charge < -0.3 is 95.4 Å². The number of amides is 3. The Hall–Kier alpha value is -2.23. The van der Waals surface area contributed by atoms with E-state index in [2.05, 4.69) is 36.7 Å². The van der Waals surface area contributed by atoms with Crippen LogP contribution in [0.1, 0.15) is 234 Å². The molecule has 3 fully saturated rings. The molecule has 13 N–H and O–H groups in total. The third kappa shape index (κ3) is 28.1. The Balaban J connectivity index is 1.77. The van der Waals surface area contributed by atoms with Crippen LogP contribution in [0.3, 0.4) is 0 Å². The second kappa shape index (κ2) is 43.4. The normalized spacial score (nSPS) is 29.8. The summed E-state index contributed by atoms with van der Waals surface area (Å²) < 4.78 is 36.9. The van der Waals surface area contributed by atoms with Gasteiger partial charge in [-0.25, -0.2) is 0 Å². The maximum absolute atomic E-state index is 13.8. The molecule has 19 atom stereocenters. The fourth-order valence-electron chi connectivity index (χ4n) is 11.6. The van der Waals surface area contributed by atoms with Crippen LogP contribution in [0.4, 0.5) is 0 Å². The second-order valence-electron chi connectivity index (χ2n) is 24.7. The lowest BCUT2D eigenvalue weighted by Gasteiger charge is -2.50. The summed E-state index contributed by atoms with van der Waals surface area (Å²) >= 11 is 0. The quantitative estimate of drug-likeness (QED) is 0.0367. The zero-order valence-corrected chi connectivity index (χ0v) is 52.0. The van der Waals surface area contributed by atoms with E-state index in [-0.39, 0.29) is 12.8 Å². The van der Waals surface area contributed by atoms with Gasteiger partial charge in [-0.05, 0) is 25.7 Å². The SMILES string of the molecule is CCCCCCCCCCCCCCCCCCCC[C@@H](O)C(=O)N[C@@H](CO[C@@H]1O[C@H](CO)[C@@H](O[C@@H]2O[C@H](CO)[C@H](O)[C@H](O)[C@H]2NC(C)=O)[C@H](O[C@H]2O[C@H](C)[C@H](O)[C@H](O)[C@H]2O)[C@H]1NC(C)=O)[C@H](O)[C@H](O)CCCCCCCCCCCC(C)C. The maximum atomic E-state index is 13.8. The second-order valence-corrected chi connectivity index (χ2v) is 24.7. The first-order valence-electron chi connectivity index (χ1n) is 32.7. The van der Waals surface area contributed by atoms with Crippen molar-refractivity contribution in [3.63, 3.8) is 0 Å². The van der Waals surface area contributed by atoms with Crippen molar-refractivity contribution in [2.24, 2.45) is 5.92 Å². The van der Waals surface area contributed by atoms with Gasteiger partial charge in [0.1, 0.15) is 79.2 Å². The fourth-order valence-corrected chi connectivity index (χ4v) is 11.6. The van der Waals surface area contributed by atoms with Crippen LogP contribution in [-0.4, -0.2) is 205 Å². The van der Waals surface area contributed by atoms with E-state index in [9.17, 15) is 65.4 Å². The lowest BCUT2D eigenvalue weighted by atomic mass is 9.93. The Labute approximate surface area is 502 Å². The molecule has 22 heteroatoms. The van der Waals surface area contributed by atoms with Crippen molar-refractivity contribution >= 4 is 17.7 Å². The zero-order valence-electron chi connectivity index (χ0n) is 52.0. The predicted molar refractivity (Wildman–Crippen MR) is 316 cm³/mol. The molecule has 3 aliphatic rings. The summed E-state index contributed by atoms with van der Waals surface area (Å²) in [4.78, 5) is 39.3. The number of carbonyl (C=O) groups excluding carboxylic acids is 3. The van der Waals surface area contributed by atoms with Crippen molar-refractivity contribution in [3.05, 3.63) is 0 Å². The number of hydrogen-bond acceptors (Lipinski definition) is 19. The molecule has 0 radical (unpaired) electrons. The highest BCUT2D eigenvalue weighted by Gasteiger charge is 2.55. The highest BCUT2D eigenvalue weighted by Crippen LogP contribution is 2.34. The van der Waals surface area contributed by atoms with Crippen LogP contribution in [0.15, 0.2) is 0 Å². The van der Waals surface area contributed by atoms with Crippen LogP contribution in [0.5, 0.6) is 0 Å². The van der Waals surface area contributed by atoms with Crippen LogP contribution in [-0.2, 0) is 42.8 Å². The molecule has 84 heavy (non-hydrogen) atoms. The third-order valence-electron chi connectivity index (χ3n) is 16.8. The number of hydrogen-bond donors (Lipinski definition) is 13. The predicted octanol–water partition coefficient (Wildman–Crippen LogP) is 4.71. The van der Waals surface area contributed by atoms with E-state index in [4.69, 9.17) is 28.4 Å². The van der Waals surface area contributed by atoms with Gasteiger partial charge in [0.05, 0.1) is 38.1 Å². The molecule has 0 bridgehead atoms. The summed E-state index contributed by atoms with van der Waals surface area (Å²) in [5, 5.41) is 118. The number of aliphatic hydroxyl groups excluding tert-OH is 10. The third-order valence-corrected chi connectivity index (χ3v) is 16.8. The van der Waals surface area contributed by atoms with Gasteiger partial charge in [0.2, 0.25) is 17.7 Å². The number of aliphatic hydroxyl groups is 10. The Bertz CT molecular complexity index is 1730. The van der Waals surface area contributed by atoms with Gasteiger partial charge in [-0.3, -0.25) is 14.4 Å². The van der Waals surface area contributed by atoms with Gasteiger partial charge in [0, 0.05) is 13.8 Å². The van der Waals surface area contributed by atoms with Crippen molar-refractivity contribution in [2.75, 3.05) is 19.8 Å². The summed E-state index contributed by atoms with van der Waals surface area (Å²) in [5.41, 5.74) is 0. The molecule has 3 aliphatic heterocycles. The van der Waals surface area contributed by atoms with E-state index in [1.165, 1.54) is 116 Å². The number of carbonyl (C=O) groups is 3. The first kappa shape index (κ1) is 76.0. The van der Waals surface area contributed by atoms with Crippen LogP contribution in [0, 0.1) is 5.92 Å². The minimum atomic E-state index is -1.92. The van der Waals surface area contributed by atoms with Crippen LogP contribution in [0.25, 0.3) is 0 Å². The van der Waals surface area contributed by atoms with E-state index >= 15 is 0 Å². The summed E-state index contributed by atoms with van der Waals surface area (Å²) in [6.07, 6.45) is 6.56. The summed E-state index contributed by atoms with van der Waals surface area (Å²) in [6.45, 7) is 8.09. The topological polar surface area (TPSA) is 345 Å². The number of rotatable bonds is 46. The Morgan fingerprint density at radius 2 is 0.929 bits per heavy atom. The molecule has 3 heterocycles. The zero-order chi connectivity index (χ0) is 62.0. The molecule has 0 saturated carbocycles. The van der Waals surface area contributed by atoms with E-state index in [1.54, 1.807) is 0 Å². The smallest absolute Gasteiger partial charge is 0.249 e. The molecule has 3 rings (SSSR count). The summed E-state index contributed by atoms with van der Waals surface area (Å²) in [6, 6.07) is -4.44. The van der Waals surface area contributed by atoms with Crippen LogP contribution < -0.4 is 16.0 Å². The standard InChI is InChI=1S/C62H117N3O19/c1-7-8-9-10-11-12-13-14-15-16-17-18-19-20-23-27-30-33-36-46(71)59(78)65-44(52(73)45(70)35-32-29-26-24-21-22-25-28-31-34-40(2)3)39-79-60-50(64-43(6)69)58(84-62-56(77)55(76)51(72)41(4)80-62)57(48(38-67)82-60)83-61-49(63-42(5)68)54(75)53(74)47(37-66)81-61/h40-41,44-58,60-62,66-67,70-77H,7-39H2,1-6H3,(H,63,68)(H,64,69)(H,65,78)/t41-,44+,45-,46-,47-,48-,49-,50-,51+,52+,53+,54-,55+,56-,57-,58-,60-,61+,62-/m1/s1. The molecular weight excluding hydrogens is 1090 g/mol. The van der Waals surface area contributed by atoms with Crippen molar-refractivity contribution in [1.29, 1.82) is 0 Å². The van der Waals surface area contributed by atoms with Gasteiger partial charge in [-0.1, -0.05) is 201 Å². The van der Waals surface area contributed by atoms with Gasteiger partial charge in [0.25, 0.3) is 0 Å². The Morgan fingerprint density at radius 3 is 1.40 bits per heavy atom. The van der Waals surface area contributed by atoms with E-state index in [1.807, 2.05) is 0 Å². The highest BCUT2D eigenvalue weighted by atomic mass is 16.8. The molecule has 0 unspecified atom stereocenters. The minimum absolute atomic E-state index is 0.144. The van der Waals surface area contributed by atoms with Crippen molar-refractivity contribution in [2.45, 2.75) is 351 Å². The maximum Gasteiger partial charge on any atom is 0.249 e. The van der Waals surface area contributed by atoms with Gasteiger partial charge in [0.15, 0.2) is 18.9 Å². The number of unbranched alkanes of at least 4 members (excludes halogenated alkanes) is 25. The van der Waals surface area contributed by atoms with Crippen molar-refractivity contribution in [1.82, 2.24) is 16.0 Å². The molecule has 3 saturated heterocycles. The lowest BCUT2D eigenvalue weighted by molar-refractivity contribution is -0.366. The molecule has 0 aromatic carbocycles. The average Bonchev–Trinajstić information content (AvgIpc) is 2.56. The lowest BCUT2D eigenvalue weighted by Crippen LogP contribution is -2.71. The van der Waals surface area contributed by atoms with Gasteiger partial charge in [-0.15, -0.1) is 0 Å². The number of nitrogens with one attached hydrogen (secondary N) is 3. The highest BCUT2D eigenvalue weighted by molar-refractivity contribution is 5.80. The molecule has 494 valence electrons. The van der Waals surface area contributed by atoms with Crippen molar-refractivity contribution < 1.29 is 93.9 Å². The Kier molecular flexibility index (Phi) is 39.3. The van der Waals surface area contributed by atoms with Crippen LogP contribution >= 0.6 is 0 Å². The molecule has 0 spiro atoms. The van der Waals surface area contributed by atoms with E-state index < -0.39 is 154 Å². The summed E-state index contributed by atoms with van der Waals surface area (Å²) in [7, 11) is 0. The molecule has 3 amide bonds. The summed E-state index contributed by atoms with van der Waals surface area (Å²) in [5.74, 6) is -1.48. The minimum Gasteiger partial charge on any atom is -0.394 e. The fraction of sp³-hybridized carbons (Fsp3) is 0.952. The van der Waals surface area contributed by atoms with E-state index in [0.29, 0.717) is 18.8 Å². The van der Waals surface area contributed by atoms with Gasteiger partial charge >= 0.3 is 0 Å². The number of ether oxygens (including phenoxy) is 6. The first-order chi connectivity index (χ1) is 40.2. The van der Waals surface area contributed by atoms with Crippen LogP contribution in [0.2, 0.25) is 0 Å². The molecular formula is C62H117N3O19. The molecule has 0 aliphatic carbocycles. The van der Waals surface area contributed by atoms with Crippen molar-refractivity contribution in [3.8, 4) is 0 Å². The van der Waals surface area contributed by atoms with Gasteiger partial charge in [-0.2, -0.15) is 0 Å². The molecule has 22 nitrogen and oxygen atoms in total. The molecule has 0 aromatic heterocycles. The average molecular weight is 1210 g/mol. The largest absolute Gasteiger partial charge is 0.394 e. The first-order valence-corrected chi connectivity index (χ1v) is 32.7. The molecule has 0 aromatic rings. The monoisotopic (exact) mass is 1210 g/mol.